The summed E-state index contributed by atoms with van der Waals surface area (Å²) >= 11 is 1.68. The SMILES string of the molecule is Cc1nn(C)c2nc(N3CCN(c4ncccc4C(N)=O)CC3)sc12. The molecule has 130 valence electrons. The molecule has 4 heterocycles. The molecule has 25 heavy (non-hydrogen) atoms. The minimum absolute atomic E-state index is 0.445. The van der Waals surface area contributed by atoms with Gasteiger partial charge in [0.15, 0.2) is 10.8 Å². The molecule has 0 saturated carbocycles. The number of hydrogen-bond acceptors (Lipinski definition) is 7. The van der Waals surface area contributed by atoms with Gasteiger partial charge in [-0.2, -0.15) is 5.10 Å². The molecule has 3 aromatic heterocycles. The Labute approximate surface area is 148 Å². The number of aryl methyl sites for hydroxylation is 2. The van der Waals surface area contributed by atoms with E-state index in [-0.39, 0.29) is 0 Å². The number of aromatic nitrogens is 4. The molecule has 9 heteroatoms. The van der Waals surface area contributed by atoms with Crippen molar-refractivity contribution in [3.05, 3.63) is 29.6 Å². The maximum Gasteiger partial charge on any atom is 0.252 e. The fraction of sp³-hybridized carbons (Fsp3) is 0.375. The third-order valence-corrected chi connectivity index (χ3v) is 5.65. The minimum Gasteiger partial charge on any atom is -0.365 e. The van der Waals surface area contributed by atoms with Crippen LogP contribution in [0.3, 0.4) is 0 Å². The molecule has 1 aliphatic rings. The van der Waals surface area contributed by atoms with Gasteiger partial charge in [0, 0.05) is 39.4 Å². The van der Waals surface area contributed by atoms with Crippen LogP contribution in [0.2, 0.25) is 0 Å². The van der Waals surface area contributed by atoms with Gasteiger partial charge in [0.25, 0.3) is 5.91 Å². The number of amides is 1. The van der Waals surface area contributed by atoms with Gasteiger partial charge in [-0.25, -0.2) is 14.6 Å². The van der Waals surface area contributed by atoms with Crippen LogP contribution >= 0.6 is 11.3 Å². The van der Waals surface area contributed by atoms with E-state index in [1.54, 1.807) is 29.7 Å². The number of fused-ring (bicyclic) bond motifs is 1. The maximum absolute atomic E-state index is 11.6. The van der Waals surface area contributed by atoms with Crippen LogP contribution in [-0.4, -0.2) is 51.8 Å². The highest BCUT2D eigenvalue weighted by atomic mass is 32.1. The first-order valence-corrected chi connectivity index (χ1v) is 8.91. The lowest BCUT2D eigenvalue weighted by Gasteiger charge is -2.35. The zero-order chi connectivity index (χ0) is 17.6. The lowest BCUT2D eigenvalue weighted by atomic mass is 10.2. The molecule has 4 rings (SSSR count). The molecule has 1 fully saturated rings. The van der Waals surface area contributed by atoms with Gasteiger partial charge in [0.2, 0.25) is 0 Å². The number of hydrogen-bond donors (Lipinski definition) is 1. The van der Waals surface area contributed by atoms with Crippen molar-refractivity contribution >= 4 is 38.5 Å². The van der Waals surface area contributed by atoms with E-state index >= 15 is 0 Å². The van der Waals surface area contributed by atoms with Gasteiger partial charge in [-0.15, -0.1) is 0 Å². The average molecular weight is 357 g/mol. The van der Waals surface area contributed by atoms with Gasteiger partial charge < -0.3 is 15.5 Å². The predicted molar refractivity (Wildman–Crippen MR) is 98.3 cm³/mol. The number of anilines is 2. The van der Waals surface area contributed by atoms with E-state index in [4.69, 9.17) is 10.7 Å². The van der Waals surface area contributed by atoms with Crippen molar-refractivity contribution in [3.63, 3.8) is 0 Å². The number of primary amides is 1. The van der Waals surface area contributed by atoms with Gasteiger partial charge >= 0.3 is 0 Å². The van der Waals surface area contributed by atoms with Crippen LogP contribution in [0.5, 0.6) is 0 Å². The summed E-state index contributed by atoms with van der Waals surface area (Å²) in [4.78, 5) is 25.1. The monoisotopic (exact) mass is 357 g/mol. The second-order valence-corrected chi connectivity index (χ2v) is 7.05. The van der Waals surface area contributed by atoms with Crippen LogP contribution in [-0.2, 0) is 7.05 Å². The Morgan fingerprint density at radius 2 is 1.96 bits per heavy atom. The molecular weight excluding hydrogens is 338 g/mol. The summed E-state index contributed by atoms with van der Waals surface area (Å²) in [5.41, 5.74) is 7.88. The Bertz CT molecular complexity index is 905. The predicted octanol–water partition coefficient (Wildman–Crippen LogP) is 1.16. The maximum atomic E-state index is 11.6. The first kappa shape index (κ1) is 15.8. The second kappa shape index (κ2) is 5.99. The lowest BCUT2D eigenvalue weighted by molar-refractivity contribution is 0.100. The van der Waals surface area contributed by atoms with Crippen LogP contribution in [0.25, 0.3) is 10.3 Å². The van der Waals surface area contributed by atoms with Gasteiger partial charge in [-0.05, 0) is 19.1 Å². The van der Waals surface area contributed by atoms with E-state index in [1.807, 2.05) is 18.7 Å². The van der Waals surface area contributed by atoms with Gasteiger partial charge in [0.05, 0.1) is 16.0 Å². The summed E-state index contributed by atoms with van der Waals surface area (Å²) in [5, 5.41) is 5.42. The normalized spacial score (nSPS) is 15.1. The molecule has 2 N–H and O–H groups in total. The first-order valence-electron chi connectivity index (χ1n) is 8.09. The molecule has 0 bridgehead atoms. The molecule has 0 radical (unpaired) electrons. The zero-order valence-corrected chi connectivity index (χ0v) is 15.0. The third kappa shape index (κ3) is 2.70. The Morgan fingerprint density at radius 3 is 2.64 bits per heavy atom. The lowest BCUT2D eigenvalue weighted by Crippen LogP contribution is -2.47. The van der Waals surface area contributed by atoms with Crippen LogP contribution < -0.4 is 15.5 Å². The molecule has 0 atom stereocenters. The van der Waals surface area contributed by atoms with E-state index in [2.05, 4.69) is 19.9 Å². The Balaban J connectivity index is 1.53. The van der Waals surface area contributed by atoms with Gasteiger partial charge in [-0.1, -0.05) is 11.3 Å². The van der Waals surface area contributed by atoms with Crippen LogP contribution in [0, 0.1) is 6.92 Å². The van der Waals surface area contributed by atoms with E-state index in [0.29, 0.717) is 11.4 Å². The number of nitrogens with zero attached hydrogens (tertiary/aromatic N) is 6. The van der Waals surface area contributed by atoms with Crippen LogP contribution in [0.1, 0.15) is 16.1 Å². The molecule has 1 saturated heterocycles. The fourth-order valence-electron chi connectivity index (χ4n) is 3.16. The van der Waals surface area contributed by atoms with E-state index < -0.39 is 5.91 Å². The molecule has 3 aromatic rings. The Kier molecular flexibility index (Phi) is 3.79. The van der Waals surface area contributed by atoms with Crippen molar-refractivity contribution in [2.45, 2.75) is 6.92 Å². The number of pyridine rings is 1. The van der Waals surface area contributed by atoms with Crippen LogP contribution in [0.4, 0.5) is 10.9 Å². The molecular formula is C16H19N7OS. The first-order chi connectivity index (χ1) is 12.0. The fourth-order valence-corrected chi connectivity index (χ4v) is 4.24. The topological polar surface area (TPSA) is 93.2 Å². The Hall–Kier alpha value is -2.68. The molecule has 0 unspecified atom stereocenters. The summed E-state index contributed by atoms with van der Waals surface area (Å²) in [5.74, 6) is 0.221. The number of carbonyl (C=O) groups is 1. The van der Waals surface area contributed by atoms with Crippen molar-refractivity contribution in [2.75, 3.05) is 36.0 Å². The van der Waals surface area contributed by atoms with Crippen molar-refractivity contribution in [2.24, 2.45) is 12.8 Å². The quantitative estimate of drug-likeness (QED) is 0.756. The molecule has 0 spiro atoms. The van der Waals surface area contributed by atoms with Crippen molar-refractivity contribution < 1.29 is 4.79 Å². The number of piperazine rings is 1. The number of rotatable bonds is 3. The molecule has 0 aromatic carbocycles. The smallest absolute Gasteiger partial charge is 0.252 e. The summed E-state index contributed by atoms with van der Waals surface area (Å²) in [6.07, 6.45) is 1.69. The summed E-state index contributed by atoms with van der Waals surface area (Å²) in [7, 11) is 1.92. The zero-order valence-electron chi connectivity index (χ0n) is 14.1. The highest BCUT2D eigenvalue weighted by molar-refractivity contribution is 7.22. The summed E-state index contributed by atoms with van der Waals surface area (Å²) in [6.45, 7) is 5.19. The highest BCUT2D eigenvalue weighted by Crippen LogP contribution is 2.31. The van der Waals surface area contributed by atoms with E-state index in [9.17, 15) is 4.79 Å². The highest BCUT2D eigenvalue weighted by Gasteiger charge is 2.24. The summed E-state index contributed by atoms with van der Waals surface area (Å²) in [6, 6.07) is 3.46. The number of thiazole rings is 1. The second-order valence-electron chi connectivity index (χ2n) is 6.07. The largest absolute Gasteiger partial charge is 0.365 e. The molecule has 8 nitrogen and oxygen atoms in total. The van der Waals surface area contributed by atoms with Crippen molar-refractivity contribution in [3.8, 4) is 0 Å². The van der Waals surface area contributed by atoms with Gasteiger partial charge in [-0.3, -0.25) is 4.79 Å². The molecule has 0 aliphatic carbocycles. The number of nitrogens with two attached hydrogens (primary N) is 1. The Morgan fingerprint density at radius 1 is 1.24 bits per heavy atom. The minimum atomic E-state index is -0.445. The van der Waals surface area contributed by atoms with Crippen molar-refractivity contribution in [1.82, 2.24) is 19.7 Å². The standard InChI is InChI=1S/C16H19N7OS/c1-10-12-15(21(2)20-10)19-16(25-12)23-8-6-22(7-9-23)14-11(13(17)24)4-3-5-18-14/h3-5H,6-9H2,1-2H3,(H2,17,24). The van der Waals surface area contributed by atoms with E-state index in [0.717, 1.165) is 47.4 Å². The third-order valence-electron chi connectivity index (χ3n) is 4.43. The molecule has 1 amide bonds. The van der Waals surface area contributed by atoms with Crippen molar-refractivity contribution in [1.29, 1.82) is 0 Å². The number of carbonyl (C=O) groups excluding carboxylic acids is 1. The molecule has 1 aliphatic heterocycles. The van der Waals surface area contributed by atoms with Crippen LogP contribution in [0.15, 0.2) is 18.3 Å². The van der Waals surface area contributed by atoms with E-state index in [1.165, 1.54) is 0 Å². The summed E-state index contributed by atoms with van der Waals surface area (Å²) < 4.78 is 2.97. The average Bonchev–Trinajstić information content (AvgIpc) is 3.17. The van der Waals surface area contributed by atoms with Gasteiger partial charge in [0.1, 0.15) is 5.82 Å².